The van der Waals surface area contributed by atoms with Crippen molar-refractivity contribution in [1.29, 1.82) is 5.26 Å². The minimum Gasteiger partial charge on any atom is -0.379 e. The third-order valence-corrected chi connectivity index (χ3v) is 7.60. The van der Waals surface area contributed by atoms with Gasteiger partial charge in [-0.1, -0.05) is 12.1 Å². The van der Waals surface area contributed by atoms with Gasteiger partial charge >= 0.3 is 0 Å². The topological polar surface area (TPSA) is 113 Å². The molecule has 1 saturated heterocycles. The third-order valence-electron chi connectivity index (χ3n) is 7.60. The van der Waals surface area contributed by atoms with Crippen molar-refractivity contribution in [3.05, 3.63) is 93.8 Å². The molecule has 1 N–H and O–H groups in total. The molecule has 1 saturated carbocycles. The first kappa shape index (κ1) is 25.8. The van der Waals surface area contributed by atoms with Crippen molar-refractivity contribution in [2.45, 2.75) is 24.9 Å². The van der Waals surface area contributed by atoms with Crippen LogP contribution in [-0.2, 0) is 16.8 Å². The van der Waals surface area contributed by atoms with E-state index in [1.807, 2.05) is 6.07 Å². The van der Waals surface area contributed by atoms with E-state index in [1.54, 1.807) is 41.1 Å². The van der Waals surface area contributed by atoms with Gasteiger partial charge in [0, 0.05) is 49.5 Å². The van der Waals surface area contributed by atoms with E-state index in [-0.39, 0.29) is 11.4 Å². The van der Waals surface area contributed by atoms with Crippen LogP contribution in [0.5, 0.6) is 0 Å². The number of rotatable bonds is 7. The molecule has 0 spiro atoms. The summed E-state index contributed by atoms with van der Waals surface area (Å²) in [7, 11) is 0. The van der Waals surface area contributed by atoms with Crippen LogP contribution in [0.1, 0.15) is 34.3 Å². The Kier molecular flexibility index (Phi) is 6.84. The molecule has 10 heteroatoms. The zero-order valence-electron chi connectivity index (χ0n) is 21.8. The maximum atomic E-state index is 13.7. The number of morpholine rings is 1. The summed E-state index contributed by atoms with van der Waals surface area (Å²) in [6, 6.07) is 15.0. The first-order chi connectivity index (χ1) is 19.5. The molecular formula is C30H27FN6O3. The largest absolute Gasteiger partial charge is 0.379 e. The molecule has 4 aromatic rings. The molecule has 40 heavy (non-hydrogen) atoms. The number of hydrogen-bond acceptors (Lipinski definition) is 7. The Labute approximate surface area is 229 Å². The highest BCUT2D eigenvalue weighted by atomic mass is 19.1. The number of aromatic nitrogens is 3. The summed E-state index contributed by atoms with van der Waals surface area (Å²) in [4.78, 5) is 38.5. The summed E-state index contributed by atoms with van der Waals surface area (Å²) >= 11 is 0. The lowest BCUT2D eigenvalue weighted by atomic mass is 10.0. The van der Waals surface area contributed by atoms with Gasteiger partial charge in [0.05, 0.1) is 30.0 Å². The van der Waals surface area contributed by atoms with Gasteiger partial charge in [-0.2, -0.15) is 5.26 Å². The fraction of sp³-hybridized carbons (Fsp3) is 0.300. The second-order valence-electron chi connectivity index (χ2n) is 10.2. The van der Waals surface area contributed by atoms with Crippen LogP contribution in [0, 0.1) is 17.1 Å². The van der Waals surface area contributed by atoms with Crippen molar-refractivity contribution in [2.24, 2.45) is 0 Å². The van der Waals surface area contributed by atoms with Gasteiger partial charge in [0.2, 0.25) is 0 Å². The zero-order chi connectivity index (χ0) is 27.7. The lowest BCUT2D eigenvalue weighted by molar-refractivity contribution is 0.0364. The monoisotopic (exact) mass is 538 g/mol. The van der Waals surface area contributed by atoms with Gasteiger partial charge in [0.25, 0.3) is 11.5 Å². The first-order valence-electron chi connectivity index (χ1n) is 13.2. The number of amides is 1. The fourth-order valence-corrected chi connectivity index (χ4v) is 5.14. The van der Waals surface area contributed by atoms with Gasteiger partial charge in [-0.3, -0.25) is 24.0 Å². The molecule has 2 fully saturated rings. The number of benzene rings is 1. The molecule has 1 aromatic carbocycles. The molecule has 6 rings (SSSR count). The predicted molar refractivity (Wildman–Crippen MR) is 146 cm³/mol. The Balaban J connectivity index is 1.38. The maximum Gasteiger partial charge on any atom is 0.265 e. The molecular weight excluding hydrogens is 511 g/mol. The third kappa shape index (κ3) is 5.09. The number of ether oxygens (including phenoxy) is 1. The number of fused-ring (bicyclic) bond motifs is 1. The van der Waals surface area contributed by atoms with Crippen molar-refractivity contribution >= 4 is 16.9 Å². The Bertz CT molecular complexity index is 1670. The Hall–Kier alpha value is -4.46. The first-order valence-corrected chi connectivity index (χ1v) is 13.2. The molecule has 0 unspecified atom stereocenters. The maximum absolute atomic E-state index is 13.7. The van der Waals surface area contributed by atoms with Crippen LogP contribution in [0.2, 0.25) is 0 Å². The van der Waals surface area contributed by atoms with Crippen LogP contribution in [0.25, 0.3) is 22.3 Å². The zero-order valence-corrected chi connectivity index (χ0v) is 21.8. The lowest BCUT2D eigenvalue weighted by Crippen LogP contribution is -2.41. The van der Waals surface area contributed by atoms with Crippen LogP contribution < -0.4 is 10.9 Å². The van der Waals surface area contributed by atoms with E-state index in [9.17, 15) is 14.0 Å². The van der Waals surface area contributed by atoms with E-state index in [0.29, 0.717) is 67.0 Å². The molecule has 1 amide bonds. The van der Waals surface area contributed by atoms with E-state index in [0.717, 1.165) is 18.7 Å². The highest BCUT2D eigenvalue weighted by Gasteiger charge is 2.46. The Morgan fingerprint density at radius 2 is 1.82 bits per heavy atom. The standard InChI is InChI=1S/C30H27FN6O3/c31-24-4-2-23(3-5-24)30(7-8-30)35-28(38)25-16-21-15-22(26-6-1-20(17-32)18-33-26)19-34-27(21)37(29(25)39)10-9-36-11-13-40-14-12-36/h1-6,15-16,18-19H,7-14H2,(H,35,38). The van der Waals surface area contributed by atoms with Crippen LogP contribution in [0.15, 0.2) is 65.7 Å². The molecule has 0 bridgehead atoms. The molecule has 0 radical (unpaired) electrons. The average Bonchev–Trinajstić information content (AvgIpc) is 3.77. The summed E-state index contributed by atoms with van der Waals surface area (Å²) in [6.45, 7) is 3.81. The number of nitriles is 1. The molecule has 1 aliphatic heterocycles. The highest BCUT2D eigenvalue weighted by Crippen LogP contribution is 2.45. The number of nitrogens with zero attached hydrogens (tertiary/aromatic N) is 5. The second kappa shape index (κ2) is 10.6. The van der Waals surface area contributed by atoms with E-state index in [2.05, 4.69) is 26.3 Å². The van der Waals surface area contributed by atoms with Crippen molar-refractivity contribution in [1.82, 2.24) is 24.8 Å². The van der Waals surface area contributed by atoms with E-state index < -0.39 is 17.0 Å². The molecule has 1 aliphatic carbocycles. The Morgan fingerprint density at radius 1 is 1.05 bits per heavy atom. The molecule has 4 heterocycles. The number of pyridine rings is 3. The average molecular weight is 539 g/mol. The van der Waals surface area contributed by atoms with E-state index in [4.69, 9.17) is 10.00 Å². The van der Waals surface area contributed by atoms with Gasteiger partial charge in [-0.05, 0) is 54.8 Å². The molecule has 3 aromatic heterocycles. The number of carbonyl (C=O) groups is 1. The molecule has 9 nitrogen and oxygen atoms in total. The predicted octanol–water partition coefficient (Wildman–Crippen LogP) is 3.22. The SMILES string of the molecule is N#Cc1ccc(-c2cnc3c(c2)cc(C(=O)NC2(c4ccc(F)cc4)CC2)c(=O)n3CCN2CCOCC2)nc1. The molecule has 2 aliphatic rings. The summed E-state index contributed by atoms with van der Waals surface area (Å²) in [5.74, 6) is -0.820. The summed E-state index contributed by atoms with van der Waals surface area (Å²) in [5, 5.41) is 12.8. The minimum absolute atomic E-state index is 0.0228. The van der Waals surface area contributed by atoms with Gasteiger partial charge in [-0.25, -0.2) is 9.37 Å². The van der Waals surface area contributed by atoms with Gasteiger partial charge in [0.15, 0.2) is 0 Å². The second-order valence-corrected chi connectivity index (χ2v) is 10.2. The minimum atomic E-state index is -0.614. The van der Waals surface area contributed by atoms with Gasteiger partial charge < -0.3 is 10.1 Å². The van der Waals surface area contributed by atoms with Crippen LogP contribution in [0.3, 0.4) is 0 Å². The van der Waals surface area contributed by atoms with Crippen LogP contribution in [-0.4, -0.2) is 58.2 Å². The van der Waals surface area contributed by atoms with E-state index >= 15 is 0 Å². The number of hydrogen-bond donors (Lipinski definition) is 1. The van der Waals surface area contributed by atoms with E-state index in [1.165, 1.54) is 18.3 Å². The summed E-state index contributed by atoms with van der Waals surface area (Å²) < 4.78 is 20.5. The quantitative estimate of drug-likeness (QED) is 0.384. The number of nitrogens with one attached hydrogen (secondary N) is 1. The van der Waals surface area contributed by atoms with Crippen molar-refractivity contribution in [2.75, 3.05) is 32.8 Å². The smallest absolute Gasteiger partial charge is 0.265 e. The van der Waals surface area contributed by atoms with Gasteiger partial charge in [0.1, 0.15) is 23.1 Å². The van der Waals surface area contributed by atoms with Crippen LogP contribution in [0.4, 0.5) is 4.39 Å². The summed E-state index contributed by atoms with van der Waals surface area (Å²) in [5.41, 5.74) is 2.06. The Morgan fingerprint density at radius 3 is 2.50 bits per heavy atom. The number of halogens is 1. The molecule has 202 valence electrons. The van der Waals surface area contributed by atoms with Crippen molar-refractivity contribution in [3.63, 3.8) is 0 Å². The highest BCUT2D eigenvalue weighted by molar-refractivity contribution is 5.98. The lowest BCUT2D eigenvalue weighted by Gasteiger charge is -2.27. The summed E-state index contributed by atoms with van der Waals surface area (Å²) in [6.07, 6.45) is 4.56. The van der Waals surface area contributed by atoms with Crippen LogP contribution >= 0.6 is 0 Å². The normalized spacial score (nSPS) is 16.4. The van der Waals surface area contributed by atoms with Crippen molar-refractivity contribution in [3.8, 4) is 17.3 Å². The van der Waals surface area contributed by atoms with Gasteiger partial charge in [-0.15, -0.1) is 0 Å². The van der Waals surface area contributed by atoms with Crippen molar-refractivity contribution < 1.29 is 13.9 Å². The molecule has 0 atom stereocenters. The fourth-order valence-electron chi connectivity index (χ4n) is 5.14. The number of carbonyl (C=O) groups excluding carboxylic acids is 1.